The minimum absolute atomic E-state index is 0.675. The van der Waals surface area contributed by atoms with E-state index >= 15 is 0 Å². The SMILES string of the molecule is Nc1cc(Cl)ccc1SCCCOc1ccccc1. The lowest BCUT2D eigenvalue weighted by atomic mass is 10.3. The van der Waals surface area contributed by atoms with Gasteiger partial charge in [-0.15, -0.1) is 11.8 Å². The predicted octanol–water partition coefficient (Wildman–Crippen LogP) is 4.48. The molecule has 0 atom stereocenters. The van der Waals surface area contributed by atoms with Crippen LogP contribution in [0.4, 0.5) is 5.69 Å². The largest absolute Gasteiger partial charge is 0.494 e. The Kier molecular flexibility index (Phi) is 5.43. The topological polar surface area (TPSA) is 35.2 Å². The van der Waals surface area contributed by atoms with E-state index in [9.17, 15) is 0 Å². The summed E-state index contributed by atoms with van der Waals surface area (Å²) < 4.78 is 5.63. The zero-order valence-electron chi connectivity index (χ0n) is 10.5. The first kappa shape index (κ1) is 14.1. The van der Waals surface area contributed by atoms with Gasteiger partial charge in [0.2, 0.25) is 0 Å². The van der Waals surface area contributed by atoms with Crippen LogP contribution in [0, 0.1) is 0 Å². The van der Waals surface area contributed by atoms with E-state index in [1.807, 2.05) is 42.5 Å². The Balaban J connectivity index is 1.69. The number of anilines is 1. The molecule has 0 aliphatic carbocycles. The van der Waals surface area contributed by atoms with Crippen LogP contribution in [0.5, 0.6) is 5.75 Å². The Bertz CT molecular complexity index is 519. The van der Waals surface area contributed by atoms with Gasteiger partial charge < -0.3 is 10.5 Å². The Labute approximate surface area is 122 Å². The van der Waals surface area contributed by atoms with Crippen molar-refractivity contribution in [2.75, 3.05) is 18.1 Å². The summed E-state index contributed by atoms with van der Waals surface area (Å²) in [6.45, 7) is 0.713. The molecule has 2 nitrogen and oxygen atoms in total. The van der Waals surface area contributed by atoms with Crippen molar-refractivity contribution in [2.45, 2.75) is 11.3 Å². The second kappa shape index (κ2) is 7.31. The van der Waals surface area contributed by atoms with Crippen LogP contribution in [0.2, 0.25) is 5.02 Å². The van der Waals surface area contributed by atoms with E-state index in [0.717, 1.165) is 28.5 Å². The van der Waals surface area contributed by atoms with Crippen LogP contribution in [0.1, 0.15) is 6.42 Å². The number of ether oxygens (including phenoxy) is 1. The number of benzene rings is 2. The highest BCUT2D eigenvalue weighted by Crippen LogP contribution is 2.28. The summed E-state index contributed by atoms with van der Waals surface area (Å²) in [4.78, 5) is 1.07. The summed E-state index contributed by atoms with van der Waals surface area (Å²) in [7, 11) is 0. The average Bonchev–Trinajstić information content (AvgIpc) is 2.42. The summed E-state index contributed by atoms with van der Waals surface area (Å²) >= 11 is 7.59. The first-order chi connectivity index (χ1) is 9.25. The molecule has 0 radical (unpaired) electrons. The molecule has 2 aromatic rings. The van der Waals surface area contributed by atoms with Gasteiger partial charge in [-0.3, -0.25) is 0 Å². The van der Waals surface area contributed by atoms with Crippen molar-refractivity contribution < 1.29 is 4.74 Å². The molecule has 0 aliphatic rings. The van der Waals surface area contributed by atoms with Gasteiger partial charge in [-0.25, -0.2) is 0 Å². The van der Waals surface area contributed by atoms with Crippen molar-refractivity contribution in [3.63, 3.8) is 0 Å². The van der Waals surface area contributed by atoms with Gasteiger partial charge in [0.25, 0.3) is 0 Å². The molecule has 0 bridgehead atoms. The van der Waals surface area contributed by atoms with E-state index in [4.69, 9.17) is 22.1 Å². The van der Waals surface area contributed by atoms with Crippen molar-refractivity contribution in [1.29, 1.82) is 0 Å². The highest BCUT2D eigenvalue weighted by Gasteiger charge is 2.01. The molecule has 4 heteroatoms. The quantitative estimate of drug-likeness (QED) is 0.484. The molecule has 0 fully saturated rings. The Morgan fingerprint density at radius 2 is 1.89 bits per heavy atom. The average molecular weight is 294 g/mol. The molecule has 0 heterocycles. The van der Waals surface area contributed by atoms with Crippen LogP contribution in [-0.4, -0.2) is 12.4 Å². The molecule has 0 saturated heterocycles. The summed E-state index contributed by atoms with van der Waals surface area (Å²) in [5.41, 5.74) is 6.63. The normalized spacial score (nSPS) is 10.4. The summed E-state index contributed by atoms with van der Waals surface area (Å²) in [5.74, 6) is 1.89. The third-order valence-electron chi connectivity index (χ3n) is 2.53. The van der Waals surface area contributed by atoms with Gasteiger partial charge >= 0.3 is 0 Å². The Hall–Kier alpha value is -1.32. The maximum Gasteiger partial charge on any atom is 0.119 e. The van der Waals surface area contributed by atoms with Crippen LogP contribution >= 0.6 is 23.4 Å². The molecule has 2 N–H and O–H groups in total. The predicted molar refractivity (Wildman–Crippen MR) is 83.1 cm³/mol. The number of nitrogen functional groups attached to an aromatic ring is 1. The van der Waals surface area contributed by atoms with Crippen LogP contribution in [0.15, 0.2) is 53.4 Å². The van der Waals surface area contributed by atoms with Crippen molar-refractivity contribution in [2.24, 2.45) is 0 Å². The third kappa shape index (κ3) is 4.69. The second-order valence-corrected chi connectivity index (χ2v) is 5.62. The second-order valence-electron chi connectivity index (χ2n) is 4.05. The molecule has 0 aliphatic heterocycles. The third-order valence-corrected chi connectivity index (χ3v) is 3.94. The Morgan fingerprint density at radius 3 is 2.63 bits per heavy atom. The molecule has 0 saturated carbocycles. The van der Waals surface area contributed by atoms with E-state index in [2.05, 4.69) is 0 Å². The van der Waals surface area contributed by atoms with Crippen molar-refractivity contribution in [3.05, 3.63) is 53.6 Å². The van der Waals surface area contributed by atoms with Crippen molar-refractivity contribution >= 4 is 29.1 Å². The van der Waals surface area contributed by atoms with Crippen molar-refractivity contribution in [3.8, 4) is 5.75 Å². The van der Waals surface area contributed by atoms with Crippen LogP contribution in [0.3, 0.4) is 0 Å². The van der Waals surface area contributed by atoms with Gasteiger partial charge in [-0.05, 0) is 36.8 Å². The molecule has 19 heavy (non-hydrogen) atoms. The number of halogens is 1. The van der Waals surface area contributed by atoms with Gasteiger partial charge in [0.05, 0.1) is 6.61 Å². The molecule has 0 unspecified atom stereocenters. The zero-order chi connectivity index (χ0) is 13.5. The lowest BCUT2D eigenvalue weighted by molar-refractivity contribution is 0.319. The van der Waals surface area contributed by atoms with Crippen molar-refractivity contribution in [1.82, 2.24) is 0 Å². The molecule has 0 amide bonds. The number of hydrogen-bond donors (Lipinski definition) is 1. The van der Waals surface area contributed by atoms with E-state index in [0.29, 0.717) is 11.6 Å². The minimum atomic E-state index is 0.675. The molecule has 0 aromatic heterocycles. The van der Waals surface area contributed by atoms with Gasteiger partial charge in [-0.2, -0.15) is 0 Å². The summed E-state index contributed by atoms with van der Waals surface area (Å²) in [6.07, 6.45) is 0.974. The van der Waals surface area contributed by atoms with Gasteiger partial charge in [0.1, 0.15) is 5.75 Å². The number of thioether (sulfide) groups is 1. The highest BCUT2D eigenvalue weighted by atomic mass is 35.5. The number of rotatable bonds is 6. The molecular formula is C15H16ClNOS. The Morgan fingerprint density at radius 1 is 1.11 bits per heavy atom. The fraction of sp³-hybridized carbons (Fsp3) is 0.200. The highest BCUT2D eigenvalue weighted by molar-refractivity contribution is 7.99. The zero-order valence-corrected chi connectivity index (χ0v) is 12.1. The maximum atomic E-state index is 5.89. The van der Waals surface area contributed by atoms with E-state index in [1.54, 1.807) is 17.8 Å². The number of para-hydroxylation sites is 1. The van der Waals surface area contributed by atoms with Crippen LogP contribution in [0.25, 0.3) is 0 Å². The minimum Gasteiger partial charge on any atom is -0.494 e. The monoisotopic (exact) mass is 293 g/mol. The smallest absolute Gasteiger partial charge is 0.119 e. The first-order valence-corrected chi connectivity index (χ1v) is 7.48. The summed E-state index contributed by atoms with van der Waals surface area (Å²) in [6, 6.07) is 15.4. The maximum absolute atomic E-state index is 5.89. The van der Waals surface area contributed by atoms with Crippen LogP contribution in [-0.2, 0) is 0 Å². The number of hydrogen-bond acceptors (Lipinski definition) is 3. The van der Waals surface area contributed by atoms with Gasteiger partial charge in [0.15, 0.2) is 0 Å². The van der Waals surface area contributed by atoms with E-state index in [1.165, 1.54) is 0 Å². The fourth-order valence-electron chi connectivity index (χ4n) is 1.60. The first-order valence-electron chi connectivity index (χ1n) is 6.11. The number of nitrogens with two attached hydrogens (primary N) is 1. The lowest BCUT2D eigenvalue weighted by Crippen LogP contribution is -1.98. The fourth-order valence-corrected chi connectivity index (χ4v) is 2.65. The van der Waals surface area contributed by atoms with E-state index in [-0.39, 0.29) is 0 Å². The molecule has 100 valence electrons. The molecule has 2 rings (SSSR count). The van der Waals surface area contributed by atoms with Crippen LogP contribution < -0.4 is 10.5 Å². The van der Waals surface area contributed by atoms with Gasteiger partial charge in [-0.1, -0.05) is 29.8 Å². The molecular weight excluding hydrogens is 278 g/mol. The standard InChI is InChI=1S/C15H16ClNOS/c16-12-7-8-15(14(17)11-12)19-10-4-9-18-13-5-2-1-3-6-13/h1-3,5-8,11H,4,9-10,17H2. The van der Waals surface area contributed by atoms with E-state index < -0.39 is 0 Å². The molecule has 2 aromatic carbocycles. The lowest BCUT2D eigenvalue weighted by Gasteiger charge is -2.07. The summed E-state index contributed by atoms with van der Waals surface area (Å²) in [5, 5.41) is 0.675. The molecule has 0 spiro atoms. The van der Waals surface area contributed by atoms with Gasteiger partial charge in [0, 0.05) is 21.4 Å².